The predicted octanol–water partition coefficient (Wildman–Crippen LogP) is 1.55. The summed E-state index contributed by atoms with van der Waals surface area (Å²) >= 11 is 1.84. The number of oxime groups is 1. The summed E-state index contributed by atoms with van der Waals surface area (Å²) in [5, 5.41) is 14.3. The van der Waals surface area contributed by atoms with Gasteiger partial charge >= 0.3 is 0 Å². The molecular weight excluding hydrogens is 250 g/mol. The smallest absolute Gasteiger partial charge is 0.230 e. The largest absolute Gasteiger partial charge is 0.409 e. The third-order valence-electron chi connectivity index (χ3n) is 3.73. The number of amides is 1. The Labute approximate surface area is 113 Å². The van der Waals surface area contributed by atoms with E-state index in [1.54, 1.807) is 6.92 Å². The second kappa shape index (κ2) is 6.87. The number of nitrogens with two attached hydrogens (primary N) is 1. The number of carbonyl (C=O) groups is 1. The van der Waals surface area contributed by atoms with Gasteiger partial charge in [-0.2, -0.15) is 11.8 Å². The van der Waals surface area contributed by atoms with Gasteiger partial charge in [-0.1, -0.05) is 24.4 Å². The highest BCUT2D eigenvalue weighted by Crippen LogP contribution is 2.37. The number of nitrogens with one attached hydrogen (secondary N) is 1. The molecule has 1 amide bonds. The molecule has 1 aliphatic rings. The van der Waals surface area contributed by atoms with Crippen LogP contribution in [0.4, 0.5) is 0 Å². The maximum Gasteiger partial charge on any atom is 0.230 e. The van der Waals surface area contributed by atoms with Crippen LogP contribution in [-0.4, -0.2) is 34.5 Å². The van der Waals surface area contributed by atoms with Gasteiger partial charge in [0.15, 0.2) is 5.84 Å². The van der Waals surface area contributed by atoms with Crippen molar-refractivity contribution in [3.05, 3.63) is 0 Å². The first kappa shape index (κ1) is 15.1. The van der Waals surface area contributed by atoms with Crippen LogP contribution in [-0.2, 0) is 4.79 Å². The quantitative estimate of drug-likeness (QED) is 0.307. The molecule has 1 aliphatic carbocycles. The molecule has 0 bridgehead atoms. The van der Waals surface area contributed by atoms with Crippen molar-refractivity contribution in [3.8, 4) is 0 Å². The Morgan fingerprint density at radius 3 is 2.61 bits per heavy atom. The van der Waals surface area contributed by atoms with Crippen LogP contribution in [0.25, 0.3) is 0 Å². The van der Waals surface area contributed by atoms with Crippen LogP contribution in [0.3, 0.4) is 0 Å². The molecule has 18 heavy (non-hydrogen) atoms. The molecule has 0 saturated heterocycles. The highest BCUT2D eigenvalue weighted by atomic mass is 32.2. The van der Waals surface area contributed by atoms with E-state index in [1.165, 1.54) is 19.3 Å². The van der Waals surface area contributed by atoms with Gasteiger partial charge in [-0.15, -0.1) is 0 Å². The van der Waals surface area contributed by atoms with Gasteiger partial charge < -0.3 is 16.3 Å². The summed E-state index contributed by atoms with van der Waals surface area (Å²) in [5.41, 5.74) is 5.43. The number of hydrogen-bond donors (Lipinski definition) is 3. The Balaban J connectivity index is 2.50. The molecule has 0 spiro atoms. The summed E-state index contributed by atoms with van der Waals surface area (Å²) in [5.74, 6) is -0.809. The molecular formula is C12H23N3O2S. The zero-order chi connectivity index (χ0) is 13.6. The third kappa shape index (κ3) is 3.80. The number of nitrogens with zero attached hydrogens (tertiary/aromatic N) is 1. The number of thioether (sulfide) groups is 1. The molecule has 0 aliphatic heterocycles. The lowest BCUT2D eigenvalue weighted by atomic mass is 9.88. The van der Waals surface area contributed by atoms with Crippen LogP contribution in [0.2, 0.25) is 0 Å². The number of amidine groups is 1. The standard InChI is InChI=1S/C12H23N3O2S/c1-9(10(13)15-17)11(16)14-8-12(18-2)6-4-3-5-7-12/h9,17H,3-8H2,1-2H3,(H2,13,15)(H,14,16). The van der Waals surface area contributed by atoms with Crippen LogP contribution >= 0.6 is 11.8 Å². The van der Waals surface area contributed by atoms with Crippen molar-refractivity contribution in [2.75, 3.05) is 12.8 Å². The predicted molar refractivity (Wildman–Crippen MR) is 74.9 cm³/mol. The SMILES string of the molecule is CSC1(CNC(=O)C(C)C(N)=NO)CCCCC1. The Bertz CT molecular complexity index is 314. The highest BCUT2D eigenvalue weighted by molar-refractivity contribution is 8.00. The summed E-state index contributed by atoms with van der Waals surface area (Å²) < 4.78 is 0.165. The van der Waals surface area contributed by atoms with Crippen LogP contribution in [0.1, 0.15) is 39.0 Å². The fourth-order valence-electron chi connectivity index (χ4n) is 2.27. The minimum absolute atomic E-state index is 0.0469. The van der Waals surface area contributed by atoms with Crippen molar-refractivity contribution in [3.63, 3.8) is 0 Å². The molecule has 1 saturated carbocycles. The summed E-state index contributed by atoms with van der Waals surface area (Å²) in [6, 6.07) is 0. The second-order valence-electron chi connectivity index (χ2n) is 4.91. The second-order valence-corrected chi connectivity index (χ2v) is 6.19. The zero-order valence-electron chi connectivity index (χ0n) is 11.1. The Morgan fingerprint density at radius 2 is 2.11 bits per heavy atom. The van der Waals surface area contributed by atoms with Crippen molar-refractivity contribution in [2.24, 2.45) is 16.8 Å². The average molecular weight is 273 g/mol. The van der Waals surface area contributed by atoms with Crippen LogP contribution in [0.5, 0.6) is 0 Å². The van der Waals surface area contributed by atoms with Crippen molar-refractivity contribution in [2.45, 2.75) is 43.8 Å². The highest BCUT2D eigenvalue weighted by Gasteiger charge is 2.32. The molecule has 0 aromatic carbocycles. The first-order chi connectivity index (χ1) is 8.54. The molecule has 1 rings (SSSR count). The van der Waals surface area contributed by atoms with E-state index in [4.69, 9.17) is 10.9 Å². The first-order valence-electron chi connectivity index (χ1n) is 6.35. The van der Waals surface area contributed by atoms with Gasteiger partial charge in [0.05, 0.1) is 5.92 Å². The van der Waals surface area contributed by atoms with Crippen molar-refractivity contribution >= 4 is 23.5 Å². The maximum absolute atomic E-state index is 11.9. The zero-order valence-corrected chi connectivity index (χ0v) is 11.9. The number of carbonyl (C=O) groups excluding carboxylic acids is 1. The Kier molecular flexibility index (Phi) is 5.78. The molecule has 104 valence electrons. The first-order valence-corrected chi connectivity index (χ1v) is 7.57. The Hall–Kier alpha value is -0.910. The summed E-state index contributed by atoms with van der Waals surface area (Å²) in [6.45, 7) is 2.30. The third-order valence-corrected chi connectivity index (χ3v) is 5.15. The molecule has 5 nitrogen and oxygen atoms in total. The molecule has 0 radical (unpaired) electrons. The van der Waals surface area contributed by atoms with E-state index in [1.807, 2.05) is 11.8 Å². The van der Waals surface area contributed by atoms with E-state index in [0.29, 0.717) is 6.54 Å². The molecule has 1 unspecified atom stereocenters. The van der Waals surface area contributed by atoms with E-state index in [2.05, 4.69) is 16.7 Å². The molecule has 0 heterocycles. The van der Waals surface area contributed by atoms with Crippen LogP contribution in [0.15, 0.2) is 5.16 Å². The average Bonchev–Trinajstić information content (AvgIpc) is 2.44. The lowest BCUT2D eigenvalue weighted by Gasteiger charge is -2.36. The molecule has 0 aromatic heterocycles. The minimum atomic E-state index is -0.586. The lowest BCUT2D eigenvalue weighted by molar-refractivity contribution is -0.122. The van der Waals surface area contributed by atoms with Crippen LogP contribution < -0.4 is 11.1 Å². The lowest BCUT2D eigenvalue weighted by Crippen LogP contribution is -2.45. The minimum Gasteiger partial charge on any atom is -0.409 e. The van der Waals surface area contributed by atoms with Gasteiger partial charge in [-0.25, -0.2) is 0 Å². The maximum atomic E-state index is 11.9. The Morgan fingerprint density at radius 1 is 1.50 bits per heavy atom. The van der Waals surface area contributed by atoms with E-state index in [9.17, 15) is 4.79 Å². The topological polar surface area (TPSA) is 87.7 Å². The monoisotopic (exact) mass is 273 g/mol. The molecule has 1 atom stereocenters. The summed E-state index contributed by atoms with van der Waals surface area (Å²) in [7, 11) is 0. The van der Waals surface area contributed by atoms with E-state index in [-0.39, 0.29) is 16.5 Å². The van der Waals surface area contributed by atoms with Crippen LogP contribution in [0, 0.1) is 5.92 Å². The van der Waals surface area contributed by atoms with E-state index in [0.717, 1.165) is 12.8 Å². The van der Waals surface area contributed by atoms with Gasteiger partial charge in [-0.3, -0.25) is 4.79 Å². The number of hydrogen-bond acceptors (Lipinski definition) is 4. The van der Waals surface area contributed by atoms with Gasteiger partial charge in [0.2, 0.25) is 5.91 Å². The van der Waals surface area contributed by atoms with Crippen molar-refractivity contribution < 1.29 is 10.0 Å². The molecule has 4 N–H and O–H groups in total. The fraction of sp³-hybridized carbons (Fsp3) is 0.833. The molecule has 6 heteroatoms. The van der Waals surface area contributed by atoms with Crippen molar-refractivity contribution in [1.29, 1.82) is 0 Å². The van der Waals surface area contributed by atoms with E-state index >= 15 is 0 Å². The van der Waals surface area contributed by atoms with Gasteiger partial charge in [0.25, 0.3) is 0 Å². The summed E-state index contributed by atoms with van der Waals surface area (Å²) in [6.07, 6.45) is 8.14. The van der Waals surface area contributed by atoms with Gasteiger partial charge in [-0.05, 0) is 26.0 Å². The summed E-state index contributed by atoms with van der Waals surface area (Å²) in [4.78, 5) is 11.9. The number of rotatable bonds is 5. The molecule has 0 aromatic rings. The van der Waals surface area contributed by atoms with Crippen molar-refractivity contribution in [1.82, 2.24) is 5.32 Å². The normalized spacial score (nSPS) is 21.3. The van der Waals surface area contributed by atoms with E-state index < -0.39 is 5.92 Å². The fourth-order valence-corrected chi connectivity index (χ4v) is 3.18. The van der Waals surface area contributed by atoms with Gasteiger partial charge in [0, 0.05) is 11.3 Å². The van der Waals surface area contributed by atoms with Gasteiger partial charge in [0.1, 0.15) is 0 Å². The molecule has 1 fully saturated rings.